The van der Waals surface area contributed by atoms with Gasteiger partial charge in [0.15, 0.2) is 5.82 Å². The fraction of sp³-hybridized carbons (Fsp3) is 0.417. The van der Waals surface area contributed by atoms with Crippen molar-refractivity contribution >= 4 is 11.3 Å². The van der Waals surface area contributed by atoms with Crippen LogP contribution in [-0.4, -0.2) is 21.5 Å². The zero-order valence-electron chi connectivity index (χ0n) is 10.1. The molecule has 4 nitrogen and oxygen atoms in total. The van der Waals surface area contributed by atoms with Crippen molar-refractivity contribution in [2.45, 2.75) is 26.8 Å². The van der Waals surface area contributed by atoms with Crippen LogP contribution in [0.25, 0.3) is 10.7 Å². The van der Waals surface area contributed by atoms with Gasteiger partial charge >= 0.3 is 0 Å². The number of aryl methyl sites for hydroxylation is 1. The van der Waals surface area contributed by atoms with Gasteiger partial charge in [0.2, 0.25) is 0 Å². The Labute approximate surface area is 105 Å². The molecule has 0 radical (unpaired) electrons. The third-order valence-corrected chi connectivity index (χ3v) is 3.22. The first-order chi connectivity index (χ1) is 8.31. The van der Waals surface area contributed by atoms with E-state index in [1.807, 2.05) is 13.1 Å². The highest BCUT2D eigenvalue weighted by Gasteiger charge is 2.06. The van der Waals surface area contributed by atoms with Gasteiger partial charge in [-0.15, -0.1) is 11.3 Å². The summed E-state index contributed by atoms with van der Waals surface area (Å²) in [7, 11) is 0. The normalized spacial score (nSPS) is 10.7. The molecule has 2 rings (SSSR count). The standard InChI is InChI=1S/C12H16N4S/c1-3-4-13-6-10-9(2)5-15-12(16-10)11-7-14-8-17-11/h5,7-8,13H,3-4,6H2,1-2H3. The summed E-state index contributed by atoms with van der Waals surface area (Å²) < 4.78 is 0. The Hall–Kier alpha value is -1.33. The third kappa shape index (κ3) is 3.08. The topological polar surface area (TPSA) is 50.7 Å². The summed E-state index contributed by atoms with van der Waals surface area (Å²) >= 11 is 1.56. The van der Waals surface area contributed by atoms with Crippen LogP contribution in [-0.2, 0) is 6.54 Å². The van der Waals surface area contributed by atoms with Gasteiger partial charge in [-0.2, -0.15) is 0 Å². The first-order valence-electron chi connectivity index (χ1n) is 5.73. The van der Waals surface area contributed by atoms with Gasteiger partial charge in [0.25, 0.3) is 0 Å². The molecule has 17 heavy (non-hydrogen) atoms. The van der Waals surface area contributed by atoms with E-state index in [-0.39, 0.29) is 0 Å². The van der Waals surface area contributed by atoms with Crippen LogP contribution in [0.1, 0.15) is 24.6 Å². The maximum absolute atomic E-state index is 4.58. The monoisotopic (exact) mass is 248 g/mol. The Balaban J connectivity index is 2.18. The smallest absolute Gasteiger partial charge is 0.171 e. The highest BCUT2D eigenvalue weighted by atomic mass is 32.1. The van der Waals surface area contributed by atoms with Gasteiger partial charge in [0, 0.05) is 18.9 Å². The number of aromatic nitrogens is 3. The lowest BCUT2D eigenvalue weighted by atomic mass is 10.2. The number of hydrogen-bond acceptors (Lipinski definition) is 5. The lowest BCUT2D eigenvalue weighted by Crippen LogP contribution is -2.16. The van der Waals surface area contributed by atoms with E-state index in [0.29, 0.717) is 0 Å². The molecule has 0 aliphatic rings. The van der Waals surface area contributed by atoms with Crippen molar-refractivity contribution in [3.63, 3.8) is 0 Å². The average Bonchev–Trinajstić information content (AvgIpc) is 2.85. The van der Waals surface area contributed by atoms with Crippen LogP contribution in [0.3, 0.4) is 0 Å². The summed E-state index contributed by atoms with van der Waals surface area (Å²) in [5.74, 6) is 0.770. The number of nitrogens with zero attached hydrogens (tertiary/aromatic N) is 3. The van der Waals surface area contributed by atoms with E-state index in [9.17, 15) is 0 Å². The first kappa shape index (κ1) is 12.1. The molecule has 0 saturated carbocycles. The molecule has 0 amide bonds. The van der Waals surface area contributed by atoms with Gasteiger partial charge in [-0.05, 0) is 25.5 Å². The Bertz CT molecular complexity index is 467. The van der Waals surface area contributed by atoms with Crippen LogP contribution >= 0.6 is 11.3 Å². The molecular formula is C12H16N4S. The Morgan fingerprint density at radius 1 is 1.35 bits per heavy atom. The highest BCUT2D eigenvalue weighted by molar-refractivity contribution is 7.13. The zero-order valence-corrected chi connectivity index (χ0v) is 10.9. The molecule has 0 fully saturated rings. The molecule has 0 spiro atoms. The lowest BCUT2D eigenvalue weighted by molar-refractivity contribution is 0.660. The maximum Gasteiger partial charge on any atom is 0.171 e. The number of hydrogen-bond donors (Lipinski definition) is 1. The molecule has 0 saturated heterocycles. The predicted octanol–water partition coefficient (Wildman–Crippen LogP) is 2.41. The first-order valence-corrected chi connectivity index (χ1v) is 6.61. The summed E-state index contributed by atoms with van der Waals surface area (Å²) in [5.41, 5.74) is 3.99. The van der Waals surface area contributed by atoms with Crippen LogP contribution in [0.5, 0.6) is 0 Å². The van der Waals surface area contributed by atoms with Crippen molar-refractivity contribution in [3.05, 3.63) is 29.2 Å². The van der Waals surface area contributed by atoms with Gasteiger partial charge in [0.05, 0.1) is 16.1 Å². The van der Waals surface area contributed by atoms with Gasteiger partial charge in [-0.3, -0.25) is 4.98 Å². The highest BCUT2D eigenvalue weighted by Crippen LogP contribution is 2.19. The largest absolute Gasteiger partial charge is 0.311 e. The van der Waals surface area contributed by atoms with Crippen molar-refractivity contribution in [1.82, 2.24) is 20.3 Å². The quantitative estimate of drug-likeness (QED) is 0.826. The SMILES string of the molecule is CCCNCc1nc(-c2cncs2)ncc1C. The van der Waals surface area contributed by atoms with E-state index in [2.05, 4.69) is 27.2 Å². The van der Waals surface area contributed by atoms with E-state index in [1.54, 1.807) is 23.0 Å². The summed E-state index contributed by atoms with van der Waals surface area (Å²) in [6.07, 6.45) is 4.81. The van der Waals surface area contributed by atoms with Crippen molar-refractivity contribution in [1.29, 1.82) is 0 Å². The third-order valence-electron chi connectivity index (χ3n) is 2.45. The van der Waals surface area contributed by atoms with Gasteiger partial charge in [-0.25, -0.2) is 9.97 Å². The Morgan fingerprint density at radius 2 is 2.24 bits per heavy atom. The molecule has 0 atom stereocenters. The van der Waals surface area contributed by atoms with Crippen LogP contribution in [0.15, 0.2) is 17.9 Å². The minimum atomic E-state index is 0.770. The molecule has 0 aliphatic carbocycles. The van der Waals surface area contributed by atoms with E-state index in [1.165, 1.54) is 0 Å². The van der Waals surface area contributed by atoms with Crippen LogP contribution in [0, 0.1) is 6.92 Å². The van der Waals surface area contributed by atoms with Crippen LogP contribution in [0.2, 0.25) is 0 Å². The maximum atomic E-state index is 4.58. The molecule has 2 aromatic heterocycles. The van der Waals surface area contributed by atoms with E-state index < -0.39 is 0 Å². The number of nitrogens with one attached hydrogen (secondary N) is 1. The van der Waals surface area contributed by atoms with Gasteiger partial charge < -0.3 is 5.32 Å². The predicted molar refractivity (Wildman–Crippen MR) is 69.9 cm³/mol. The molecule has 5 heteroatoms. The second-order valence-corrected chi connectivity index (χ2v) is 4.75. The molecule has 90 valence electrons. The summed E-state index contributed by atoms with van der Waals surface area (Å²) in [4.78, 5) is 14.0. The van der Waals surface area contributed by atoms with E-state index >= 15 is 0 Å². The van der Waals surface area contributed by atoms with Gasteiger partial charge in [0.1, 0.15) is 0 Å². The lowest BCUT2D eigenvalue weighted by Gasteiger charge is -2.07. The summed E-state index contributed by atoms with van der Waals surface area (Å²) in [5, 5.41) is 3.36. The minimum absolute atomic E-state index is 0.770. The summed E-state index contributed by atoms with van der Waals surface area (Å²) in [6, 6.07) is 0. The molecule has 0 bridgehead atoms. The fourth-order valence-electron chi connectivity index (χ4n) is 1.48. The zero-order chi connectivity index (χ0) is 12.1. The summed E-state index contributed by atoms with van der Waals surface area (Å²) in [6.45, 7) is 6.01. The molecule has 0 aromatic carbocycles. The Kier molecular flexibility index (Phi) is 4.17. The fourth-order valence-corrected chi connectivity index (χ4v) is 2.05. The molecule has 0 unspecified atom stereocenters. The molecule has 1 N–H and O–H groups in total. The second kappa shape index (κ2) is 5.84. The molecular weight excluding hydrogens is 232 g/mol. The van der Waals surface area contributed by atoms with Crippen molar-refractivity contribution in [2.75, 3.05) is 6.54 Å². The van der Waals surface area contributed by atoms with Crippen LogP contribution < -0.4 is 5.32 Å². The molecule has 2 aromatic rings. The van der Waals surface area contributed by atoms with Gasteiger partial charge in [-0.1, -0.05) is 6.92 Å². The van der Waals surface area contributed by atoms with Crippen molar-refractivity contribution in [3.8, 4) is 10.7 Å². The molecule has 0 aliphatic heterocycles. The minimum Gasteiger partial charge on any atom is -0.311 e. The average molecular weight is 248 g/mol. The second-order valence-electron chi connectivity index (χ2n) is 3.87. The van der Waals surface area contributed by atoms with Crippen molar-refractivity contribution in [2.24, 2.45) is 0 Å². The van der Waals surface area contributed by atoms with Crippen molar-refractivity contribution < 1.29 is 0 Å². The van der Waals surface area contributed by atoms with E-state index in [4.69, 9.17) is 0 Å². The van der Waals surface area contributed by atoms with Crippen LogP contribution in [0.4, 0.5) is 0 Å². The number of rotatable bonds is 5. The van der Waals surface area contributed by atoms with E-state index in [0.717, 1.165) is 41.5 Å². The molecule has 2 heterocycles. The number of thiazole rings is 1. The Morgan fingerprint density at radius 3 is 2.94 bits per heavy atom.